The van der Waals surface area contributed by atoms with E-state index in [4.69, 9.17) is 14.2 Å². The average Bonchev–Trinajstić information content (AvgIpc) is 3.22. The number of nitrogens with zero attached hydrogens (tertiary/aromatic N) is 1. The van der Waals surface area contributed by atoms with Crippen LogP contribution < -0.4 is 14.8 Å². The smallest absolute Gasteiger partial charge is 0.302 e. The number of benzene rings is 1. The SMILES string of the molecule is CNc1cc(OCCCCCC=O)c(OC)cc1C(=O)N1CCCC1COC(C)=O. The molecule has 1 aliphatic rings. The van der Waals surface area contributed by atoms with E-state index in [9.17, 15) is 14.4 Å². The number of esters is 1. The first-order valence-corrected chi connectivity index (χ1v) is 10.4. The van der Waals surface area contributed by atoms with Gasteiger partial charge in [0.2, 0.25) is 0 Å². The summed E-state index contributed by atoms with van der Waals surface area (Å²) in [6.07, 6.45) is 5.76. The molecule has 1 unspecified atom stereocenters. The molecule has 0 spiro atoms. The first-order valence-electron chi connectivity index (χ1n) is 10.4. The van der Waals surface area contributed by atoms with Crippen LogP contribution >= 0.6 is 0 Å². The van der Waals surface area contributed by atoms with Crippen LogP contribution in [0.3, 0.4) is 0 Å². The van der Waals surface area contributed by atoms with Gasteiger partial charge in [-0.3, -0.25) is 9.59 Å². The van der Waals surface area contributed by atoms with Crippen molar-refractivity contribution in [3.05, 3.63) is 17.7 Å². The van der Waals surface area contributed by atoms with Crippen molar-refractivity contribution in [2.75, 3.05) is 39.2 Å². The molecule has 166 valence electrons. The highest BCUT2D eigenvalue weighted by atomic mass is 16.5. The lowest BCUT2D eigenvalue weighted by Crippen LogP contribution is -2.39. The van der Waals surface area contributed by atoms with E-state index in [0.717, 1.165) is 38.4 Å². The number of ether oxygens (including phenoxy) is 3. The highest BCUT2D eigenvalue weighted by Crippen LogP contribution is 2.35. The first-order chi connectivity index (χ1) is 14.5. The lowest BCUT2D eigenvalue weighted by atomic mass is 10.1. The number of unbranched alkanes of at least 4 members (excludes halogenated alkanes) is 3. The summed E-state index contributed by atoms with van der Waals surface area (Å²) in [5.41, 5.74) is 1.14. The molecule has 0 aromatic heterocycles. The minimum absolute atomic E-state index is 0.126. The van der Waals surface area contributed by atoms with E-state index in [1.54, 1.807) is 31.2 Å². The van der Waals surface area contributed by atoms with Crippen LogP contribution in [0.1, 0.15) is 55.8 Å². The van der Waals surface area contributed by atoms with Crippen LogP contribution in [0.25, 0.3) is 0 Å². The number of anilines is 1. The minimum Gasteiger partial charge on any atom is -0.493 e. The van der Waals surface area contributed by atoms with Crippen molar-refractivity contribution < 1.29 is 28.6 Å². The molecule has 1 N–H and O–H groups in total. The molecule has 0 saturated carbocycles. The molecule has 0 radical (unpaired) electrons. The van der Waals surface area contributed by atoms with Crippen molar-refractivity contribution in [3.63, 3.8) is 0 Å². The maximum Gasteiger partial charge on any atom is 0.302 e. The zero-order chi connectivity index (χ0) is 21.9. The second kappa shape index (κ2) is 12.0. The molecule has 2 rings (SSSR count). The number of aldehydes is 1. The fraction of sp³-hybridized carbons (Fsp3) is 0.591. The van der Waals surface area contributed by atoms with Gasteiger partial charge >= 0.3 is 5.97 Å². The van der Waals surface area contributed by atoms with Crippen molar-refractivity contribution in [1.82, 2.24) is 4.90 Å². The van der Waals surface area contributed by atoms with E-state index in [1.165, 1.54) is 6.92 Å². The maximum atomic E-state index is 13.2. The summed E-state index contributed by atoms with van der Waals surface area (Å²) in [7, 11) is 3.29. The molecule has 0 aliphatic carbocycles. The largest absolute Gasteiger partial charge is 0.493 e. The summed E-state index contributed by atoms with van der Waals surface area (Å²) < 4.78 is 16.5. The highest BCUT2D eigenvalue weighted by Gasteiger charge is 2.32. The molecule has 1 fully saturated rings. The predicted octanol–water partition coefficient (Wildman–Crippen LogP) is 3.04. The van der Waals surface area contributed by atoms with Gasteiger partial charge in [-0.25, -0.2) is 0 Å². The second-order valence-corrected chi connectivity index (χ2v) is 7.26. The number of carbonyl (C=O) groups excluding carboxylic acids is 3. The Hall–Kier alpha value is -2.77. The van der Waals surface area contributed by atoms with Crippen molar-refractivity contribution in [2.45, 2.75) is 51.5 Å². The predicted molar refractivity (Wildman–Crippen MR) is 113 cm³/mol. The van der Waals surface area contributed by atoms with Crippen LogP contribution in [0.2, 0.25) is 0 Å². The molecule has 8 nitrogen and oxygen atoms in total. The van der Waals surface area contributed by atoms with E-state index < -0.39 is 0 Å². The first kappa shape index (κ1) is 23.5. The fourth-order valence-corrected chi connectivity index (χ4v) is 3.55. The van der Waals surface area contributed by atoms with E-state index in [0.29, 0.717) is 42.3 Å². The fourth-order valence-electron chi connectivity index (χ4n) is 3.55. The number of hydrogen-bond donors (Lipinski definition) is 1. The molecule has 0 bridgehead atoms. The van der Waals surface area contributed by atoms with Crippen LogP contribution in [0.5, 0.6) is 11.5 Å². The number of carbonyl (C=O) groups is 3. The van der Waals surface area contributed by atoms with E-state index in [2.05, 4.69) is 5.32 Å². The van der Waals surface area contributed by atoms with Gasteiger partial charge in [-0.15, -0.1) is 0 Å². The number of hydrogen-bond acceptors (Lipinski definition) is 7. The Kier molecular flexibility index (Phi) is 9.44. The van der Waals surface area contributed by atoms with Crippen molar-refractivity contribution in [1.29, 1.82) is 0 Å². The van der Waals surface area contributed by atoms with Gasteiger partial charge in [-0.05, 0) is 38.2 Å². The van der Waals surface area contributed by atoms with Gasteiger partial charge < -0.3 is 29.2 Å². The minimum atomic E-state index is -0.348. The molecule has 30 heavy (non-hydrogen) atoms. The van der Waals surface area contributed by atoms with Gasteiger partial charge in [0.05, 0.1) is 31.0 Å². The van der Waals surface area contributed by atoms with Crippen molar-refractivity contribution >= 4 is 23.9 Å². The third-order valence-electron chi connectivity index (χ3n) is 5.14. The number of nitrogens with one attached hydrogen (secondary N) is 1. The molecule has 8 heteroatoms. The number of amides is 1. The summed E-state index contributed by atoms with van der Waals surface area (Å²) in [6, 6.07) is 3.34. The van der Waals surface area contributed by atoms with Crippen LogP contribution in [0, 0.1) is 0 Å². The van der Waals surface area contributed by atoms with Gasteiger partial charge in [-0.1, -0.05) is 0 Å². The Balaban J connectivity index is 2.12. The third kappa shape index (κ3) is 6.37. The molecule has 1 amide bonds. The van der Waals surface area contributed by atoms with Gasteiger partial charge in [0.25, 0.3) is 5.91 Å². The van der Waals surface area contributed by atoms with Crippen LogP contribution in [-0.4, -0.2) is 63.0 Å². The zero-order valence-corrected chi connectivity index (χ0v) is 18.1. The van der Waals surface area contributed by atoms with Gasteiger partial charge in [0.1, 0.15) is 12.9 Å². The van der Waals surface area contributed by atoms with Crippen molar-refractivity contribution in [2.24, 2.45) is 0 Å². The monoisotopic (exact) mass is 420 g/mol. The quantitative estimate of drug-likeness (QED) is 0.315. The second-order valence-electron chi connectivity index (χ2n) is 7.26. The number of likely N-dealkylation sites (tertiary alicyclic amines) is 1. The molecule has 1 atom stereocenters. The van der Waals surface area contributed by atoms with Crippen molar-refractivity contribution in [3.8, 4) is 11.5 Å². The van der Waals surface area contributed by atoms with E-state index >= 15 is 0 Å². The Morgan fingerprint density at radius 1 is 1.23 bits per heavy atom. The summed E-state index contributed by atoms with van der Waals surface area (Å²) in [5.74, 6) is 0.569. The maximum absolute atomic E-state index is 13.2. The lowest BCUT2D eigenvalue weighted by Gasteiger charge is -2.26. The zero-order valence-electron chi connectivity index (χ0n) is 18.1. The number of rotatable bonds is 12. The van der Waals surface area contributed by atoms with Gasteiger partial charge in [0.15, 0.2) is 11.5 Å². The molecule has 1 heterocycles. The molecular weight excluding hydrogens is 388 g/mol. The standard InChI is InChI=1S/C22H32N2O6/c1-16(26)30-15-17-9-8-10-24(17)22(27)18-13-20(28-3)21(14-19(18)23-2)29-12-7-5-4-6-11-25/h11,13-14,17,23H,4-10,12,15H2,1-3H3. The molecule has 1 aromatic carbocycles. The highest BCUT2D eigenvalue weighted by molar-refractivity contribution is 6.01. The van der Waals surface area contributed by atoms with Gasteiger partial charge in [-0.2, -0.15) is 0 Å². The van der Waals surface area contributed by atoms with E-state index in [1.807, 2.05) is 0 Å². The third-order valence-corrected chi connectivity index (χ3v) is 5.14. The Labute approximate surface area is 177 Å². The lowest BCUT2D eigenvalue weighted by molar-refractivity contribution is -0.142. The molecule has 1 aromatic rings. The Morgan fingerprint density at radius 3 is 2.70 bits per heavy atom. The summed E-state index contributed by atoms with van der Waals surface area (Å²) in [4.78, 5) is 36.5. The van der Waals surface area contributed by atoms with E-state index in [-0.39, 0.29) is 24.5 Å². The van der Waals surface area contributed by atoms with Gasteiger partial charge in [0, 0.05) is 33.0 Å². The number of methoxy groups -OCH3 is 1. The average molecular weight is 421 g/mol. The Bertz CT molecular complexity index is 737. The summed E-state index contributed by atoms with van der Waals surface area (Å²) in [5, 5.41) is 3.07. The van der Waals surface area contributed by atoms with Crippen LogP contribution in [0.4, 0.5) is 5.69 Å². The normalized spacial score (nSPS) is 15.6. The molecule has 1 saturated heterocycles. The van der Waals surface area contributed by atoms with Crippen LogP contribution in [-0.2, 0) is 14.3 Å². The Morgan fingerprint density at radius 2 is 2.03 bits per heavy atom. The summed E-state index contributed by atoms with van der Waals surface area (Å²) in [6.45, 7) is 2.70. The van der Waals surface area contributed by atoms with Crippen LogP contribution in [0.15, 0.2) is 12.1 Å². The summed E-state index contributed by atoms with van der Waals surface area (Å²) >= 11 is 0. The topological polar surface area (TPSA) is 94.2 Å². The molecular formula is C22H32N2O6. The molecule has 1 aliphatic heterocycles.